The molecule has 0 aliphatic carbocycles. The summed E-state index contributed by atoms with van der Waals surface area (Å²) in [5.41, 5.74) is 1.34. The lowest BCUT2D eigenvalue weighted by atomic mass is 10.1. The first-order valence-electron chi connectivity index (χ1n) is 8.49. The van der Waals surface area contributed by atoms with Crippen molar-refractivity contribution in [1.82, 2.24) is 5.32 Å². The van der Waals surface area contributed by atoms with Gasteiger partial charge >= 0.3 is 0 Å². The Morgan fingerprint density at radius 2 is 1.60 bits per heavy atom. The fraction of sp³-hybridized carbons (Fsp3) is 0.300. The van der Waals surface area contributed by atoms with Gasteiger partial charge in [0.15, 0.2) is 0 Å². The van der Waals surface area contributed by atoms with Gasteiger partial charge < -0.3 is 15.4 Å². The number of carbonyl (C=O) groups is 2. The molecule has 25 heavy (non-hydrogen) atoms. The molecule has 2 rings (SSSR count). The van der Waals surface area contributed by atoms with E-state index in [4.69, 9.17) is 4.74 Å². The molecule has 0 aromatic heterocycles. The average molecular weight is 340 g/mol. The van der Waals surface area contributed by atoms with E-state index < -0.39 is 0 Å². The van der Waals surface area contributed by atoms with Gasteiger partial charge in [-0.3, -0.25) is 9.59 Å². The van der Waals surface area contributed by atoms with Crippen LogP contribution in [-0.2, 0) is 0 Å². The highest BCUT2D eigenvalue weighted by molar-refractivity contribution is 6.10. The fourth-order valence-corrected chi connectivity index (χ4v) is 2.32. The summed E-state index contributed by atoms with van der Waals surface area (Å²) >= 11 is 0. The van der Waals surface area contributed by atoms with Crippen molar-refractivity contribution in [2.45, 2.75) is 33.2 Å². The molecule has 2 N–H and O–H groups in total. The summed E-state index contributed by atoms with van der Waals surface area (Å²) in [5.74, 6) is 0.000205. The Hall–Kier alpha value is -2.82. The number of hydrogen-bond donors (Lipinski definition) is 2. The molecule has 0 bridgehead atoms. The third-order valence-electron chi connectivity index (χ3n) is 3.84. The predicted molar refractivity (Wildman–Crippen MR) is 99.2 cm³/mol. The van der Waals surface area contributed by atoms with E-state index in [-0.39, 0.29) is 17.9 Å². The SMILES string of the molecule is CCOc1ccccc1C(=O)Nc1ccccc1C(=O)NC(C)CC. The molecule has 0 fully saturated rings. The second-order valence-corrected chi connectivity index (χ2v) is 5.71. The number of anilines is 1. The third-order valence-corrected chi connectivity index (χ3v) is 3.84. The lowest BCUT2D eigenvalue weighted by Crippen LogP contribution is -2.32. The van der Waals surface area contributed by atoms with Gasteiger partial charge in [-0.15, -0.1) is 0 Å². The van der Waals surface area contributed by atoms with Crippen molar-refractivity contribution in [3.63, 3.8) is 0 Å². The first kappa shape index (κ1) is 18.5. The Labute approximate surface area is 148 Å². The van der Waals surface area contributed by atoms with Crippen LogP contribution < -0.4 is 15.4 Å². The largest absolute Gasteiger partial charge is 0.493 e. The highest BCUT2D eigenvalue weighted by Crippen LogP contribution is 2.21. The van der Waals surface area contributed by atoms with Gasteiger partial charge in [0.2, 0.25) is 0 Å². The molecule has 0 aliphatic rings. The summed E-state index contributed by atoms with van der Waals surface area (Å²) in [7, 11) is 0. The van der Waals surface area contributed by atoms with Gasteiger partial charge in [-0.1, -0.05) is 31.2 Å². The molecule has 2 amide bonds. The number of benzene rings is 2. The van der Waals surface area contributed by atoms with Gasteiger partial charge in [-0.2, -0.15) is 0 Å². The number of amides is 2. The van der Waals surface area contributed by atoms with E-state index in [9.17, 15) is 9.59 Å². The normalized spacial score (nSPS) is 11.5. The van der Waals surface area contributed by atoms with Gasteiger partial charge in [0.05, 0.1) is 23.4 Å². The van der Waals surface area contributed by atoms with Gasteiger partial charge in [0.25, 0.3) is 11.8 Å². The van der Waals surface area contributed by atoms with Crippen molar-refractivity contribution in [3.8, 4) is 5.75 Å². The number of ether oxygens (including phenoxy) is 1. The second-order valence-electron chi connectivity index (χ2n) is 5.71. The minimum atomic E-state index is -0.312. The number of carbonyl (C=O) groups excluding carboxylic acids is 2. The molecule has 0 aliphatic heterocycles. The molecule has 132 valence electrons. The third kappa shape index (κ3) is 4.83. The summed E-state index contributed by atoms with van der Waals surface area (Å²) < 4.78 is 5.50. The molecule has 1 unspecified atom stereocenters. The van der Waals surface area contributed by atoms with Crippen molar-refractivity contribution in [3.05, 3.63) is 59.7 Å². The first-order valence-corrected chi connectivity index (χ1v) is 8.49. The molecular formula is C20H24N2O3. The predicted octanol–water partition coefficient (Wildman–Crippen LogP) is 3.87. The van der Waals surface area contributed by atoms with Gasteiger partial charge in [-0.05, 0) is 44.5 Å². The van der Waals surface area contributed by atoms with Crippen LogP contribution in [0.15, 0.2) is 48.5 Å². The van der Waals surface area contributed by atoms with E-state index in [0.717, 1.165) is 6.42 Å². The van der Waals surface area contributed by atoms with Crippen molar-refractivity contribution in [2.24, 2.45) is 0 Å². The van der Waals surface area contributed by atoms with Crippen LogP contribution in [0.1, 0.15) is 47.9 Å². The zero-order valence-electron chi connectivity index (χ0n) is 14.8. The van der Waals surface area contributed by atoms with E-state index in [0.29, 0.717) is 29.2 Å². The number of nitrogens with one attached hydrogen (secondary N) is 2. The summed E-state index contributed by atoms with van der Waals surface area (Å²) in [4.78, 5) is 25.1. The van der Waals surface area contributed by atoms with Crippen LogP contribution >= 0.6 is 0 Å². The Morgan fingerprint density at radius 1 is 0.960 bits per heavy atom. The maximum Gasteiger partial charge on any atom is 0.259 e. The van der Waals surface area contributed by atoms with Crippen molar-refractivity contribution >= 4 is 17.5 Å². The Morgan fingerprint density at radius 3 is 2.28 bits per heavy atom. The second kappa shape index (κ2) is 8.87. The molecule has 0 saturated carbocycles. The molecule has 0 saturated heterocycles. The summed E-state index contributed by atoms with van der Waals surface area (Å²) in [5, 5.41) is 5.73. The van der Waals surface area contributed by atoms with Crippen molar-refractivity contribution in [1.29, 1.82) is 0 Å². The quantitative estimate of drug-likeness (QED) is 0.804. The van der Waals surface area contributed by atoms with Crippen molar-refractivity contribution in [2.75, 3.05) is 11.9 Å². The van der Waals surface area contributed by atoms with E-state index in [1.807, 2.05) is 26.8 Å². The number of rotatable bonds is 7. The van der Waals surface area contributed by atoms with Crippen LogP contribution in [0, 0.1) is 0 Å². The summed E-state index contributed by atoms with van der Waals surface area (Å²) in [6.07, 6.45) is 0.835. The maximum atomic E-state index is 12.6. The lowest BCUT2D eigenvalue weighted by Gasteiger charge is -2.15. The van der Waals surface area contributed by atoms with Crippen molar-refractivity contribution < 1.29 is 14.3 Å². The fourth-order valence-electron chi connectivity index (χ4n) is 2.32. The smallest absolute Gasteiger partial charge is 0.259 e. The zero-order valence-corrected chi connectivity index (χ0v) is 14.8. The number of para-hydroxylation sites is 2. The van der Waals surface area contributed by atoms with Gasteiger partial charge in [0.1, 0.15) is 5.75 Å². The van der Waals surface area contributed by atoms with E-state index >= 15 is 0 Å². The Kier molecular flexibility index (Phi) is 6.57. The average Bonchev–Trinajstić information content (AvgIpc) is 2.62. The molecule has 5 heteroatoms. The minimum Gasteiger partial charge on any atom is -0.493 e. The minimum absolute atomic E-state index is 0.0648. The molecule has 1 atom stereocenters. The molecule has 0 heterocycles. The summed E-state index contributed by atoms with van der Waals surface area (Å²) in [6.45, 7) is 6.28. The van der Waals surface area contributed by atoms with E-state index in [2.05, 4.69) is 10.6 Å². The highest BCUT2D eigenvalue weighted by Gasteiger charge is 2.17. The monoisotopic (exact) mass is 340 g/mol. The molecule has 2 aromatic carbocycles. The van der Waals surface area contributed by atoms with Crippen LogP contribution in [0.25, 0.3) is 0 Å². The zero-order chi connectivity index (χ0) is 18.2. The Bertz CT molecular complexity index is 743. The van der Waals surface area contributed by atoms with Crippen LogP contribution in [0.4, 0.5) is 5.69 Å². The van der Waals surface area contributed by atoms with Crippen LogP contribution in [0.2, 0.25) is 0 Å². The lowest BCUT2D eigenvalue weighted by molar-refractivity contribution is 0.0940. The van der Waals surface area contributed by atoms with E-state index in [1.165, 1.54) is 0 Å². The van der Waals surface area contributed by atoms with Gasteiger partial charge in [-0.25, -0.2) is 0 Å². The number of hydrogen-bond acceptors (Lipinski definition) is 3. The standard InChI is InChI=1S/C20H24N2O3/c1-4-14(3)21-19(23)15-10-6-8-12-17(15)22-20(24)16-11-7-9-13-18(16)25-5-2/h6-14H,4-5H2,1-3H3,(H,21,23)(H,22,24). The molecule has 0 spiro atoms. The molecule has 0 radical (unpaired) electrons. The molecule has 2 aromatic rings. The van der Waals surface area contributed by atoms with Crippen LogP contribution in [0.5, 0.6) is 5.75 Å². The molecular weight excluding hydrogens is 316 g/mol. The van der Waals surface area contributed by atoms with Crippen LogP contribution in [-0.4, -0.2) is 24.5 Å². The first-order chi connectivity index (χ1) is 12.1. The molecule has 5 nitrogen and oxygen atoms in total. The van der Waals surface area contributed by atoms with Crippen LogP contribution in [0.3, 0.4) is 0 Å². The maximum absolute atomic E-state index is 12.6. The van der Waals surface area contributed by atoms with E-state index in [1.54, 1.807) is 42.5 Å². The topological polar surface area (TPSA) is 67.4 Å². The Balaban J connectivity index is 2.23. The summed E-state index contributed by atoms with van der Waals surface area (Å²) in [6, 6.07) is 14.1. The highest BCUT2D eigenvalue weighted by atomic mass is 16.5. The van der Waals surface area contributed by atoms with Gasteiger partial charge in [0, 0.05) is 6.04 Å².